The molecule has 0 bridgehead atoms. The molecule has 15 heavy (non-hydrogen) atoms. The van der Waals surface area contributed by atoms with Gasteiger partial charge in [0.25, 0.3) is 0 Å². The molecule has 1 saturated heterocycles. The Morgan fingerprint density at radius 3 is 2.20 bits per heavy atom. The van der Waals surface area contributed by atoms with E-state index in [0.29, 0.717) is 5.84 Å². The number of allylic oxidation sites excluding steroid dienone is 2. The molecule has 0 atom stereocenters. The van der Waals surface area contributed by atoms with E-state index >= 15 is 0 Å². The van der Waals surface area contributed by atoms with Crippen LogP contribution in [0.2, 0.25) is 0 Å². The Labute approximate surface area is 90.9 Å². The second kappa shape index (κ2) is 5.34. The standard InChI is InChI=1S/C11H18N4/c1-10(2)14-6-8-15(9-7-14)11(13)4-3-5-12/h3-5,12-13H,1,6-9H2,2H3/b4-3-,12-5?,13-11?. The molecule has 0 aliphatic carbocycles. The monoisotopic (exact) mass is 206 g/mol. The van der Waals surface area contributed by atoms with Crippen LogP contribution >= 0.6 is 0 Å². The second-order valence-corrected chi connectivity index (χ2v) is 3.62. The minimum atomic E-state index is 0.486. The van der Waals surface area contributed by atoms with E-state index in [1.165, 1.54) is 6.21 Å². The predicted octanol–water partition coefficient (Wildman–Crippen LogP) is 1.32. The number of amidine groups is 1. The van der Waals surface area contributed by atoms with E-state index in [1.54, 1.807) is 12.2 Å². The van der Waals surface area contributed by atoms with Crippen LogP contribution in [0, 0.1) is 10.8 Å². The Morgan fingerprint density at radius 2 is 1.73 bits per heavy atom. The average molecular weight is 206 g/mol. The van der Waals surface area contributed by atoms with Gasteiger partial charge in [0.05, 0.1) is 0 Å². The van der Waals surface area contributed by atoms with Crippen LogP contribution < -0.4 is 0 Å². The van der Waals surface area contributed by atoms with Crippen LogP contribution in [0.5, 0.6) is 0 Å². The van der Waals surface area contributed by atoms with Crippen LogP contribution in [0.25, 0.3) is 0 Å². The Bertz CT molecular complexity index is 285. The van der Waals surface area contributed by atoms with Gasteiger partial charge in [0.1, 0.15) is 5.84 Å². The first-order valence-corrected chi connectivity index (χ1v) is 5.06. The molecular weight excluding hydrogens is 188 g/mol. The van der Waals surface area contributed by atoms with Gasteiger partial charge >= 0.3 is 0 Å². The molecule has 1 fully saturated rings. The van der Waals surface area contributed by atoms with Crippen LogP contribution in [0.4, 0.5) is 0 Å². The van der Waals surface area contributed by atoms with E-state index < -0.39 is 0 Å². The maximum absolute atomic E-state index is 7.75. The molecule has 2 N–H and O–H groups in total. The third-order valence-electron chi connectivity index (χ3n) is 2.51. The summed E-state index contributed by atoms with van der Waals surface area (Å²) in [5.41, 5.74) is 1.09. The molecular formula is C11H18N4. The van der Waals surface area contributed by atoms with E-state index in [1.807, 2.05) is 11.8 Å². The van der Waals surface area contributed by atoms with Gasteiger partial charge in [-0.05, 0) is 19.1 Å². The number of hydrogen-bond donors (Lipinski definition) is 2. The maximum atomic E-state index is 7.75. The molecule has 0 aromatic heterocycles. The fourth-order valence-electron chi connectivity index (χ4n) is 1.57. The topological polar surface area (TPSA) is 54.2 Å². The zero-order valence-electron chi connectivity index (χ0n) is 9.16. The molecule has 0 aromatic carbocycles. The van der Waals surface area contributed by atoms with Crippen LogP contribution in [0.15, 0.2) is 24.4 Å². The van der Waals surface area contributed by atoms with Crippen molar-refractivity contribution in [1.29, 1.82) is 10.8 Å². The van der Waals surface area contributed by atoms with Crippen molar-refractivity contribution in [2.75, 3.05) is 26.2 Å². The van der Waals surface area contributed by atoms with Crippen LogP contribution in [-0.4, -0.2) is 48.0 Å². The minimum absolute atomic E-state index is 0.486. The molecule has 4 nitrogen and oxygen atoms in total. The second-order valence-electron chi connectivity index (χ2n) is 3.62. The third-order valence-corrected chi connectivity index (χ3v) is 2.51. The first kappa shape index (κ1) is 11.5. The van der Waals surface area contributed by atoms with Gasteiger partial charge in [0.15, 0.2) is 0 Å². The fourth-order valence-corrected chi connectivity index (χ4v) is 1.57. The number of piperazine rings is 1. The molecule has 1 aliphatic heterocycles. The highest BCUT2D eigenvalue weighted by atomic mass is 15.3. The van der Waals surface area contributed by atoms with Gasteiger partial charge in [-0.15, -0.1) is 0 Å². The van der Waals surface area contributed by atoms with Gasteiger partial charge in [-0.3, -0.25) is 5.41 Å². The summed E-state index contributed by atoms with van der Waals surface area (Å²) in [4.78, 5) is 4.24. The molecule has 0 amide bonds. The van der Waals surface area contributed by atoms with Crippen molar-refractivity contribution in [1.82, 2.24) is 9.80 Å². The van der Waals surface area contributed by atoms with E-state index in [-0.39, 0.29) is 0 Å². The minimum Gasteiger partial charge on any atom is -0.372 e. The van der Waals surface area contributed by atoms with E-state index in [9.17, 15) is 0 Å². The van der Waals surface area contributed by atoms with Crippen molar-refractivity contribution < 1.29 is 0 Å². The Balaban J connectivity index is 2.43. The Kier molecular flexibility index (Phi) is 4.09. The van der Waals surface area contributed by atoms with Crippen molar-refractivity contribution >= 4 is 12.1 Å². The summed E-state index contributed by atoms with van der Waals surface area (Å²) in [6.45, 7) is 9.48. The molecule has 1 aliphatic rings. The number of rotatable bonds is 3. The zero-order valence-corrected chi connectivity index (χ0v) is 9.16. The highest BCUT2D eigenvalue weighted by molar-refractivity contribution is 5.93. The summed E-state index contributed by atoms with van der Waals surface area (Å²) in [6, 6.07) is 0. The Hall–Kier alpha value is -1.58. The number of nitrogens with zero attached hydrogens (tertiary/aromatic N) is 2. The molecule has 0 spiro atoms. The van der Waals surface area contributed by atoms with Crippen molar-refractivity contribution in [2.45, 2.75) is 6.92 Å². The van der Waals surface area contributed by atoms with E-state index in [4.69, 9.17) is 10.8 Å². The van der Waals surface area contributed by atoms with Gasteiger partial charge < -0.3 is 15.2 Å². The lowest BCUT2D eigenvalue weighted by atomic mass is 10.3. The fraction of sp³-hybridized carbons (Fsp3) is 0.455. The number of nitrogens with one attached hydrogen (secondary N) is 2. The van der Waals surface area contributed by atoms with Gasteiger partial charge in [0, 0.05) is 38.1 Å². The van der Waals surface area contributed by atoms with Crippen LogP contribution in [0.1, 0.15) is 6.92 Å². The summed E-state index contributed by atoms with van der Waals surface area (Å²) in [7, 11) is 0. The smallest absolute Gasteiger partial charge is 0.120 e. The zero-order chi connectivity index (χ0) is 11.3. The van der Waals surface area contributed by atoms with Crippen LogP contribution in [0.3, 0.4) is 0 Å². The lowest BCUT2D eigenvalue weighted by Crippen LogP contribution is -2.47. The predicted molar refractivity (Wildman–Crippen MR) is 63.6 cm³/mol. The van der Waals surface area contributed by atoms with E-state index in [0.717, 1.165) is 31.9 Å². The molecule has 4 heteroatoms. The Morgan fingerprint density at radius 1 is 1.20 bits per heavy atom. The van der Waals surface area contributed by atoms with Gasteiger partial charge in [-0.25, -0.2) is 0 Å². The highest BCUT2D eigenvalue weighted by Gasteiger charge is 2.16. The summed E-state index contributed by atoms with van der Waals surface area (Å²) in [6.07, 6.45) is 4.43. The molecule has 0 aromatic rings. The summed E-state index contributed by atoms with van der Waals surface area (Å²) in [5, 5.41) is 14.6. The SMILES string of the molecule is C=C(C)N1CCN(C(=N)/C=C\C=N)CC1. The largest absolute Gasteiger partial charge is 0.372 e. The highest BCUT2D eigenvalue weighted by Crippen LogP contribution is 2.07. The van der Waals surface area contributed by atoms with Gasteiger partial charge in [0.2, 0.25) is 0 Å². The average Bonchev–Trinajstić information content (AvgIpc) is 2.26. The van der Waals surface area contributed by atoms with Crippen molar-refractivity contribution in [3.8, 4) is 0 Å². The number of hydrogen-bond acceptors (Lipinski definition) is 3. The van der Waals surface area contributed by atoms with Gasteiger partial charge in [-0.2, -0.15) is 0 Å². The molecule has 0 saturated carbocycles. The first-order chi connectivity index (χ1) is 7.15. The van der Waals surface area contributed by atoms with Crippen LogP contribution in [-0.2, 0) is 0 Å². The van der Waals surface area contributed by atoms with Crippen molar-refractivity contribution in [3.05, 3.63) is 24.4 Å². The quantitative estimate of drug-likeness (QED) is 0.540. The first-order valence-electron chi connectivity index (χ1n) is 5.06. The maximum Gasteiger partial charge on any atom is 0.120 e. The lowest BCUT2D eigenvalue weighted by molar-refractivity contribution is 0.223. The molecule has 82 valence electrons. The van der Waals surface area contributed by atoms with Crippen molar-refractivity contribution in [2.24, 2.45) is 0 Å². The van der Waals surface area contributed by atoms with Crippen molar-refractivity contribution in [3.63, 3.8) is 0 Å². The molecule has 0 radical (unpaired) electrons. The molecule has 1 rings (SSSR count). The van der Waals surface area contributed by atoms with Gasteiger partial charge in [-0.1, -0.05) is 6.58 Å². The molecule has 1 heterocycles. The van der Waals surface area contributed by atoms with E-state index in [2.05, 4.69) is 11.5 Å². The normalized spacial score (nSPS) is 16.9. The molecule has 0 unspecified atom stereocenters. The summed E-state index contributed by atoms with van der Waals surface area (Å²) in [5.74, 6) is 0.486. The summed E-state index contributed by atoms with van der Waals surface area (Å²) < 4.78 is 0. The lowest BCUT2D eigenvalue weighted by Gasteiger charge is -2.36. The summed E-state index contributed by atoms with van der Waals surface area (Å²) >= 11 is 0. The third kappa shape index (κ3) is 3.23.